The lowest BCUT2D eigenvalue weighted by atomic mass is 9.89. The van der Waals surface area contributed by atoms with Crippen LogP contribution in [0.4, 0.5) is 0 Å². The fourth-order valence-corrected chi connectivity index (χ4v) is 4.97. The standard InChI is InChI=1S/C24H45O3Si/c1-5-7-9-11-13-15-20(25)17-18-22-21(16-14-12-10-8-6-2)23(26)19-24(22)27-28(3)4/h12,14,17-18,20-26H,5-11,13,15-16,19H2,1-4H3/b14-12-,18-17+/t20-,21-,22-,23+,24-/m1/s1. The Labute approximate surface area is 176 Å². The Kier molecular flexibility index (Phi) is 14.1. The minimum atomic E-state index is -0.814. The van der Waals surface area contributed by atoms with Crippen LogP contribution >= 0.6 is 0 Å². The molecule has 0 amide bonds. The van der Waals surface area contributed by atoms with Crippen LogP contribution in [0, 0.1) is 11.8 Å². The van der Waals surface area contributed by atoms with E-state index in [2.05, 4.69) is 45.2 Å². The molecule has 1 saturated carbocycles. The lowest BCUT2D eigenvalue weighted by Gasteiger charge is -2.24. The fourth-order valence-electron chi connectivity index (χ4n) is 4.12. The Hall–Kier alpha value is -0.423. The Bertz CT molecular complexity index is 436. The van der Waals surface area contributed by atoms with Crippen molar-refractivity contribution in [2.75, 3.05) is 0 Å². The van der Waals surface area contributed by atoms with Crippen LogP contribution in [0.1, 0.15) is 84.5 Å². The van der Waals surface area contributed by atoms with E-state index < -0.39 is 9.04 Å². The number of allylic oxidation sites excluding steroid dienone is 2. The summed E-state index contributed by atoms with van der Waals surface area (Å²) in [5, 5.41) is 21.0. The summed E-state index contributed by atoms with van der Waals surface area (Å²) in [6, 6.07) is 0. The second-order valence-electron chi connectivity index (χ2n) is 8.61. The first kappa shape index (κ1) is 25.6. The van der Waals surface area contributed by atoms with E-state index in [0.717, 1.165) is 25.7 Å². The molecule has 1 rings (SSSR count). The molecule has 5 atom stereocenters. The lowest BCUT2D eigenvalue weighted by molar-refractivity contribution is 0.123. The van der Waals surface area contributed by atoms with Crippen molar-refractivity contribution < 1.29 is 14.6 Å². The molecule has 0 bridgehead atoms. The third kappa shape index (κ3) is 10.4. The van der Waals surface area contributed by atoms with Gasteiger partial charge in [-0.15, -0.1) is 0 Å². The van der Waals surface area contributed by atoms with Gasteiger partial charge < -0.3 is 14.6 Å². The zero-order chi connectivity index (χ0) is 20.8. The summed E-state index contributed by atoms with van der Waals surface area (Å²) < 4.78 is 6.21. The van der Waals surface area contributed by atoms with Gasteiger partial charge in [0.25, 0.3) is 0 Å². The van der Waals surface area contributed by atoms with Crippen LogP contribution in [0.15, 0.2) is 24.3 Å². The number of aliphatic hydroxyl groups is 2. The van der Waals surface area contributed by atoms with Gasteiger partial charge in [-0.05, 0) is 44.7 Å². The molecule has 0 spiro atoms. The fraction of sp³-hybridized carbons (Fsp3) is 0.833. The van der Waals surface area contributed by atoms with Gasteiger partial charge in [0.15, 0.2) is 0 Å². The SMILES string of the molecule is CCCC/C=C\C[C@@H]1[C@@H](/C=C/[C@H](O)CCCCCCC)[C@H](O[Si](C)C)C[C@@H]1O. The summed E-state index contributed by atoms with van der Waals surface area (Å²) >= 11 is 0. The van der Waals surface area contributed by atoms with Crippen LogP contribution in [-0.4, -0.2) is 37.6 Å². The highest BCUT2D eigenvalue weighted by molar-refractivity contribution is 6.48. The van der Waals surface area contributed by atoms with Crippen molar-refractivity contribution in [2.24, 2.45) is 11.8 Å². The molecule has 1 fully saturated rings. The normalized spacial score (nSPS) is 26.8. The van der Waals surface area contributed by atoms with Crippen molar-refractivity contribution in [3.8, 4) is 0 Å². The van der Waals surface area contributed by atoms with Crippen molar-refractivity contribution in [3.05, 3.63) is 24.3 Å². The van der Waals surface area contributed by atoms with Crippen molar-refractivity contribution >= 4 is 9.04 Å². The molecule has 1 radical (unpaired) electrons. The average Bonchev–Trinajstić information content (AvgIpc) is 2.93. The van der Waals surface area contributed by atoms with Crippen molar-refractivity contribution in [3.63, 3.8) is 0 Å². The second-order valence-corrected chi connectivity index (χ2v) is 10.7. The molecule has 4 heteroatoms. The molecule has 0 aromatic carbocycles. The largest absolute Gasteiger partial charge is 0.414 e. The molecule has 28 heavy (non-hydrogen) atoms. The van der Waals surface area contributed by atoms with E-state index in [4.69, 9.17) is 4.43 Å². The average molecular weight is 410 g/mol. The third-order valence-electron chi connectivity index (χ3n) is 5.74. The van der Waals surface area contributed by atoms with Gasteiger partial charge in [-0.1, -0.05) is 83.1 Å². The Morgan fingerprint density at radius 2 is 1.75 bits per heavy atom. The highest BCUT2D eigenvalue weighted by Crippen LogP contribution is 2.38. The van der Waals surface area contributed by atoms with Crippen molar-refractivity contribution in [2.45, 2.75) is 116 Å². The molecule has 0 aromatic heterocycles. The number of rotatable bonds is 15. The molecular weight excluding hydrogens is 364 g/mol. The molecule has 1 aliphatic carbocycles. The summed E-state index contributed by atoms with van der Waals surface area (Å²) in [5.41, 5.74) is 0. The summed E-state index contributed by atoms with van der Waals surface area (Å²) in [6.07, 6.45) is 20.1. The van der Waals surface area contributed by atoms with E-state index in [0.29, 0.717) is 6.42 Å². The first-order valence-corrected chi connectivity index (χ1v) is 14.1. The number of hydrogen-bond acceptors (Lipinski definition) is 3. The maximum atomic E-state index is 10.6. The highest BCUT2D eigenvalue weighted by atomic mass is 28.3. The first-order chi connectivity index (χ1) is 13.5. The van der Waals surface area contributed by atoms with Gasteiger partial charge in [-0.25, -0.2) is 0 Å². The van der Waals surface area contributed by atoms with Gasteiger partial charge >= 0.3 is 0 Å². The van der Waals surface area contributed by atoms with Gasteiger partial charge in [-0.2, -0.15) is 0 Å². The minimum absolute atomic E-state index is 0.0842. The predicted octanol–water partition coefficient (Wildman–Crippen LogP) is 6.03. The summed E-state index contributed by atoms with van der Waals surface area (Å²) in [4.78, 5) is 0. The van der Waals surface area contributed by atoms with Crippen LogP contribution in [0.3, 0.4) is 0 Å². The van der Waals surface area contributed by atoms with Gasteiger partial charge in [0.1, 0.15) is 0 Å². The van der Waals surface area contributed by atoms with E-state index in [1.807, 2.05) is 6.08 Å². The Balaban J connectivity index is 2.62. The molecule has 3 nitrogen and oxygen atoms in total. The van der Waals surface area contributed by atoms with Crippen molar-refractivity contribution in [1.82, 2.24) is 0 Å². The molecule has 0 heterocycles. The number of hydrogen-bond donors (Lipinski definition) is 2. The predicted molar refractivity (Wildman–Crippen MR) is 122 cm³/mol. The number of aliphatic hydroxyl groups excluding tert-OH is 2. The molecule has 163 valence electrons. The zero-order valence-electron chi connectivity index (χ0n) is 18.8. The van der Waals surface area contributed by atoms with Crippen LogP contribution in [-0.2, 0) is 4.43 Å². The van der Waals surface area contributed by atoms with E-state index >= 15 is 0 Å². The Morgan fingerprint density at radius 3 is 2.43 bits per heavy atom. The molecule has 0 aromatic rings. The highest BCUT2D eigenvalue weighted by Gasteiger charge is 2.41. The molecule has 2 N–H and O–H groups in total. The second kappa shape index (κ2) is 15.4. The first-order valence-electron chi connectivity index (χ1n) is 11.7. The van der Waals surface area contributed by atoms with Crippen LogP contribution < -0.4 is 0 Å². The van der Waals surface area contributed by atoms with Crippen LogP contribution in [0.5, 0.6) is 0 Å². The third-order valence-corrected chi connectivity index (χ3v) is 6.51. The minimum Gasteiger partial charge on any atom is -0.414 e. The van der Waals surface area contributed by atoms with E-state index in [1.54, 1.807) is 0 Å². The topological polar surface area (TPSA) is 49.7 Å². The van der Waals surface area contributed by atoms with Crippen LogP contribution in [0.25, 0.3) is 0 Å². The van der Waals surface area contributed by atoms with Gasteiger partial charge in [0, 0.05) is 5.92 Å². The molecule has 1 aliphatic rings. The quantitative estimate of drug-likeness (QED) is 0.197. The molecule has 0 aliphatic heterocycles. The maximum Gasteiger partial charge on any atom is 0.205 e. The monoisotopic (exact) mass is 409 g/mol. The summed E-state index contributed by atoms with van der Waals surface area (Å²) in [5.74, 6) is 0.387. The number of unbranched alkanes of at least 4 members (excludes halogenated alkanes) is 6. The summed E-state index contributed by atoms with van der Waals surface area (Å²) in [7, 11) is -0.814. The van der Waals surface area contributed by atoms with Gasteiger partial charge in [-0.3, -0.25) is 0 Å². The van der Waals surface area contributed by atoms with Gasteiger partial charge in [0.2, 0.25) is 9.04 Å². The van der Waals surface area contributed by atoms with Crippen molar-refractivity contribution in [1.29, 1.82) is 0 Å². The van der Waals surface area contributed by atoms with E-state index in [-0.39, 0.29) is 30.1 Å². The van der Waals surface area contributed by atoms with E-state index in [1.165, 1.54) is 38.5 Å². The maximum absolute atomic E-state index is 10.6. The smallest absolute Gasteiger partial charge is 0.205 e. The van der Waals surface area contributed by atoms with Crippen LogP contribution in [0.2, 0.25) is 13.1 Å². The van der Waals surface area contributed by atoms with E-state index in [9.17, 15) is 10.2 Å². The summed E-state index contributed by atoms with van der Waals surface area (Å²) in [6.45, 7) is 8.74. The lowest BCUT2D eigenvalue weighted by Crippen LogP contribution is -2.26. The molecule has 0 saturated heterocycles. The molecular formula is C24H45O3Si. The zero-order valence-corrected chi connectivity index (χ0v) is 19.8. The van der Waals surface area contributed by atoms with Gasteiger partial charge in [0.05, 0.1) is 18.3 Å². The molecule has 0 unspecified atom stereocenters. The Morgan fingerprint density at radius 1 is 1.04 bits per heavy atom.